The molecule has 5 nitrogen and oxygen atoms in total. The van der Waals surface area contributed by atoms with E-state index < -0.39 is 6.03 Å². The number of hydrogen-bond donors (Lipinski definition) is 2. The Morgan fingerprint density at radius 3 is 2.61 bits per heavy atom. The highest BCUT2D eigenvalue weighted by Crippen LogP contribution is 2.30. The van der Waals surface area contributed by atoms with Crippen molar-refractivity contribution in [3.63, 3.8) is 0 Å². The van der Waals surface area contributed by atoms with Crippen LogP contribution in [0.1, 0.15) is 36.0 Å². The lowest BCUT2D eigenvalue weighted by Crippen LogP contribution is -2.22. The molecule has 0 spiro atoms. The fraction of sp³-hybridized carbons (Fsp3) is 0.312. The quantitative estimate of drug-likeness (QED) is 0.723. The van der Waals surface area contributed by atoms with Crippen LogP contribution in [0, 0.1) is 5.92 Å². The second kappa shape index (κ2) is 7.23. The molecule has 1 fully saturated rings. The van der Waals surface area contributed by atoms with Crippen molar-refractivity contribution in [2.24, 2.45) is 5.92 Å². The summed E-state index contributed by atoms with van der Waals surface area (Å²) >= 11 is 4.62. The first-order valence-corrected chi connectivity index (χ1v) is 9.07. The minimum Gasteiger partial charge on any atom is -0.307 e. The van der Waals surface area contributed by atoms with Gasteiger partial charge in [-0.05, 0) is 40.9 Å². The summed E-state index contributed by atoms with van der Waals surface area (Å²) in [5, 5.41) is 5.91. The summed E-state index contributed by atoms with van der Waals surface area (Å²) in [6.07, 6.45) is 5.70. The van der Waals surface area contributed by atoms with E-state index in [4.69, 9.17) is 0 Å². The maximum absolute atomic E-state index is 12.6. The lowest BCUT2D eigenvalue weighted by molar-refractivity contribution is 0.0924. The first-order valence-electron chi connectivity index (χ1n) is 7.46. The fourth-order valence-electron chi connectivity index (χ4n) is 2.78. The highest BCUT2D eigenvalue weighted by Gasteiger charge is 2.25. The molecule has 1 aliphatic rings. The van der Waals surface area contributed by atoms with Crippen LogP contribution in [0.2, 0.25) is 0 Å². The number of halogens is 1. The maximum atomic E-state index is 12.6. The largest absolute Gasteiger partial charge is 0.325 e. The van der Waals surface area contributed by atoms with Crippen LogP contribution in [0.4, 0.5) is 15.6 Å². The zero-order chi connectivity index (χ0) is 16.2. The maximum Gasteiger partial charge on any atom is 0.325 e. The number of anilines is 2. The molecule has 1 heterocycles. The van der Waals surface area contributed by atoms with Gasteiger partial charge in [-0.2, -0.15) is 0 Å². The molecule has 0 saturated heterocycles. The summed E-state index contributed by atoms with van der Waals surface area (Å²) in [5.74, 6) is 0.200. The minimum atomic E-state index is -0.404. The van der Waals surface area contributed by atoms with Crippen LogP contribution in [0.25, 0.3) is 0 Å². The molecule has 1 aliphatic carbocycles. The molecular weight excluding hydrogens is 378 g/mol. The Morgan fingerprint density at radius 2 is 1.91 bits per heavy atom. The van der Waals surface area contributed by atoms with E-state index in [1.807, 2.05) is 6.07 Å². The number of amides is 2. The Bertz CT molecular complexity index is 726. The van der Waals surface area contributed by atoms with Crippen LogP contribution in [-0.4, -0.2) is 16.8 Å². The predicted octanol–water partition coefficient (Wildman–Crippen LogP) is 4.92. The summed E-state index contributed by atoms with van der Waals surface area (Å²) in [7, 11) is 0. The molecule has 2 amide bonds. The zero-order valence-corrected chi connectivity index (χ0v) is 14.7. The van der Waals surface area contributed by atoms with Crippen molar-refractivity contribution < 1.29 is 9.59 Å². The predicted molar refractivity (Wildman–Crippen MR) is 95.2 cm³/mol. The molecule has 23 heavy (non-hydrogen) atoms. The number of aromatic nitrogens is 1. The van der Waals surface area contributed by atoms with E-state index in [0.29, 0.717) is 16.4 Å². The standard InChI is InChI=1S/C16H16BrN3O2S/c17-13-9-18-16(23-13)20-15(22)19-12-8-4-3-7-11(12)14(21)10-5-1-2-6-10/h3-4,7-10H,1-2,5-6H2,(H2,18,19,20,22). The van der Waals surface area contributed by atoms with E-state index in [1.165, 1.54) is 11.3 Å². The third-order valence-corrected chi connectivity index (χ3v) is 5.26. The molecule has 120 valence electrons. The summed E-state index contributed by atoms with van der Waals surface area (Å²) in [6, 6.07) is 6.75. The Morgan fingerprint density at radius 1 is 1.17 bits per heavy atom. The van der Waals surface area contributed by atoms with Gasteiger partial charge in [0, 0.05) is 11.5 Å². The molecule has 2 aromatic rings. The van der Waals surface area contributed by atoms with E-state index in [1.54, 1.807) is 24.4 Å². The first-order chi connectivity index (χ1) is 11.1. The number of Topliss-reactive ketones (excluding diaryl/α,β-unsaturated/α-hetero) is 1. The van der Waals surface area contributed by atoms with Gasteiger partial charge in [0.25, 0.3) is 0 Å². The van der Waals surface area contributed by atoms with Crippen molar-refractivity contribution in [3.05, 3.63) is 39.8 Å². The first kappa shape index (κ1) is 16.1. The van der Waals surface area contributed by atoms with E-state index >= 15 is 0 Å². The summed E-state index contributed by atoms with van der Waals surface area (Å²) in [6.45, 7) is 0. The molecule has 0 unspecified atom stereocenters. The highest BCUT2D eigenvalue weighted by molar-refractivity contribution is 9.11. The van der Waals surface area contributed by atoms with Crippen molar-refractivity contribution in [1.82, 2.24) is 4.98 Å². The van der Waals surface area contributed by atoms with Gasteiger partial charge in [-0.25, -0.2) is 9.78 Å². The Balaban J connectivity index is 1.72. The average Bonchev–Trinajstić information content (AvgIpc) is 3.19. The molecule has 1 aromatic heterocycles. The second-order valence-electron chi connectivity index (χ2n) is 5.44. The number of nitrogens with zero attached hydrogens (tertiary/aromatic N) is 1. The topological polar surface area (TPSA) is 71.1 Å². The number of hydrogen-bond acceptors (Lipinski definition) is 4. The molecule has 7 heteroatoms. The van der Waals surface area contributed by atoms with E-state index in [2.05, 4.69) is 31.5 Å². The number of para-hydroxylation sites is 1. The van der Waals surface area contributed by atoms with Crippen LogP contribution in [0.15, 0.2) is 34.2 Å². The second-order valence-corrected chi connectivity index (χ2v) is 7.85. The SMILES string of the molecule is O=C(Nc1ncc(Br)s1)Nc1ccccc1C(=O)C1CCCC1. The number of benzene rings is 1. The third-order valence-electron chi connectivity index (χ3n) is 3.86. The van der Waals surface area contributed by atoms with Crippen LogP contribution >= 0.6 is 27.3 Å². The minimum absolute atomic E-state index is 0.0796. The zero-order valence-electron chi connectivity index (χ0n) is 12.3. The fourth-order valence-corrected chi connectivity index (χ4v) is 3.88. The van der Waals surface area contributed by atoms with Gasteiger partial charge in [0.2, 0.25) is 0 Å². The van der Waals surface area contributed by atoms with Crippen LogP contribution in [-0.2, 0) is 0 Å². The van der Waals surface area contributed by atoms with Crippen molar-refractivity contribution in [3.8, 4) is 0 Å². The molecule has 0 radical (unpaired) electrons. The lowest BCUT2D eigenvalue weighted by Gasteiger charge is -2.13. The van der Waals surface area contributed by atoms with Crippen LogP contribution in [0.5, 0.6) is 0 Å². The monoisotopic (exact) mass is 393 g/mol. The third kappa shape index (κ3) is 3.97. The Kier molecular flexibility index (Phi) is 5.07. The van der Waals surface area contributed by atoms with Gasteiger partial charge < -0.3 is 5.32 Å². The van der Waals surface area contributed by atoms with Crippen molar-refractivity contribution >= 4 is 49.9 Å². The van der Waals surface area contributed by atoms with E-state index in [0.717, 1.165) is 29.5 Å². The van der Waals surface area contributed by atoms with Gasteiger partial charge in [0.1, 0.15) is 0 Å². The molecule has 0 atom stereocenters. The number of carbonyl (C=O) groups excluding carboxylic acids is 2. The van der Waals surface area contributed by atoms with Gasteiger partial charge in [0.05, 0.1) is 15.7 Å². The molecule has 0 bridgehead atoms. The molecule has 1 saturated carbocycles. The highest BCUT2D eigenvalue weighted by atomic mass is 79.9. The van der Waals surface area contributed by atoms with Gasteiger partial charge in [-0.1, -0.05) is 36.3 Å². The molecular formula is C16H16BrN3O2S. The molecule has 0 aliphatic heterocycles. The number of nitrogens with one attached hydrogen (secondary N) is 2. The number of thiazole rings is 1. The number of urea groups is 1. The Hall–Kier alpha value is -1.73. The van der Waals surface area contributed by atoms with E-state index in [-0.39, 0.29) is 11.7 Å². The van der Waals surface area contributed by atoms with Gasteiger partial charge in [0.15, 0.2) is 10.9 Å². The van der Waals surface area contributed by atoms with Gasteiger partial charge >= 0.3 is 6.03 Å². The average molecular weight is 394 g/mol. The number of rotatable bonds is 4. The van der Waals surface area contributed by atoms with Gasteiger partial charge in [-0.3, -0.25) is 10.1 Å². The summed E-state index contributed by atoms with van der Waals surface area (Å²) in [5.41, 5.74) is 1.12. The van der Waals surface area contributed by atoms with Crippen molar-refractivity contribution in [2.45, 2.75) is 25.7 Å². The lowest BCUT2D eigenvalue weighted by atomic mass is 9.95. The van der Waals surface area contributed by atoms with Crippen molar-refractivity contribution in [1.29, 1.82) is 0 Å². The van der Waals surface area contributed by atoms with Crippen LogP contribution < -0.4 is 10.6 Å². The molecule has 1 aromatic carbocycles. The summed E-state index contributed by atoms with van der Waals surface area (Å²) in [4.78, 5) is 28.8. The van der Waals surface area contributed by atoms with Gasteiger partial charge in [-0.15, -0.1) is 0 Å². The summed E-state index contributed by atoms with van der Waals surface area (Å²) < 4.78 is 0.838. The van der Waals surface area contributed by atoms with Crippen LogP contribution in [0.3, 0.4) is 0 Å². The van der Waals surface area contributed by atoms with E-state index in [9.17, 15) is 9.59 Å². The number of ketones is 1. The normalized spacial score (nSPS) is 14.7. The molecule has 3 rings (SSSR count). The van der Waals surface area contributed by atoms with Crippen molar-refractivity contribution in [2.75, 3.05) is 10.6 Å². The molecule has 2 N–H and O–H groups in total. The smallest absolute Gasteiger partial charge is 0.307 e. The Labute approximate surface area is 146 Å². The number of carbonyl (C=O) groups is 2.